The molecule has 1 rings (SSSR count). The maximum atomic E-state index is 10.9. The third kappa shape index (κ3) is 0.965. The molecule has 3 amide bonds. The first-order valence-electron chi connectivity index (χ1n) is 2.83. The van der Waals surface area contributed by atoms with E-state index in [9.17, 15) is 9.59 Å². The molecule has 0 unspecified atom stereocenters. The van der Waals surface area contributed by atoms with Crippen LogP contribution in [0, 0.1) is 0 Å². The molecule has 1 aliphatic heterocycles. The standard InChI is InChI=1S/C5H8N2O2S/c1-5(2-10)3(8)6-4(9)7-5/h10H,2H2,1H3,(H2,6,7,8,9)/t5-/m1/s1. The van der Waals surface area contributed by atoms with Gasteiger partial charge in [0.25, 0.3) is 5.91 Å². The van der Waals surface area contributed by atoms with Crippen molar-refractivity contribution in [3.05, 3.63) is 0 Å². The van der Waals surface area contributed by atoms with Gasteiger partial charge in [-0.15, -0.1) is 0 Å². The van der Waals surface area contributed by atoms with Gasteiger partial charge in [0.2, 0.25) is 0 Å². The number of thiol groups is 1. The number of carbonyl (C=O) groups excluding carboxylic acids is 2. The topological polar surface area (TPSA) is 58.2 Å². The van der Waals surface area contributed by atoms with Crippen molar-refractivity contribution in [1.82, 2.24) is 10.6 Å². The lowest BCUT2D eigenvalue weighted by molar-refractivity contribution is -0.122. The lowest BCUT2D eigenvalue weighted by atomic mass is 10.1. The Morgan fingerprint density at radius 1 is 1.60 bits per heavy atom. The summed E-state index contributed by atoms with van der Waals surface area (Å²) in [6, 6.07) is -0.443. The summed E-state index contributed by atoms with van der Waals surface area (Å²) in [6.45, 7) is 1.63. The lowest BCUT2D eigenvalue weighted by Gasteiger charge is -2.15. The van der Waals surface area contributed by atoms with Crippen LogP contribution in [-0.2, 0) is 4.79 Å². The zero-order valence-corrected chi connectivity index (χ0v) is 6.37. The molecule has 56 valence electrons. The van der Waals surface area contributed by atoms with E-state index in [0.717, 1.165) is 0 Å². The Hall–Kier alpha value is -0.710. The highest BCUT2D eigenvalue weighted by Crippen LogP contribution is 2.10. The number of hydrogen-bond donors (Lipinski definition) is 3. The minimum Gasteiger partial charge on any atom is -0.323 e. The maximum absolute atomic E-state index is 10.9. The quantitative estimate of drug-likeness (QED) is 0.358. The van der Waals surface area contributed by atoms with Gasteiger partial charge >= 0.3 is 6.03 Å². The molecule has 0 aromatic heterocycles. The summed E-state index contributed by atoms with van der Waals surface area (Å²) in [5, 5.41) is 4.57. The largest absolute Gasteiger partial charge is 0.323 e. The Labute approximate surface area is 63.8 Å². The van der Waals surface area contributed by atoms with E-state index in [1.807, 2.05) is 0 Å². The molecule has 1 fully saturated rings. The van der Waals surface area contributed by atoms with Crippen LogP contribution in [0.4, 0.5) is 4.79 Å². The summed E-state index contributed by atoms with van der Waals surface area (Å²) < 4.78 is 0. The number of hydrogen-bond acceptors (Lipinski definition) is 3. The minimum absolute atomic E-state index is 0.310. The zero-order chi connectivity index (χ0) is 7.78. The normalized spacial score (nSPS) is 31.8. The first-order chi connectivity index (χ1) is 4.58. The van der Waals surface area contributed by atoms with Crippen LogP contribution >= 0.6 is 12.6 Å². The van der Waals surface area contributed by atoms with E-state index in [1.54, 1.807) is 6.92 Å². The fraction of sp³-hybridized carbons (Fsp3) is 0.600. The van der Waals surface area contributed by atoms with Gasteiger partial charge in [-0.3, -0.25) is 10.1 Å². The zero-order valence-electron chi connectivity index (χ0n) is 5.47. The Kier molecular flexibility index (Phi) is 1.60. The second kappa shape index (κ2) is 2.16. The fourth-order valence-electron chi connectivity index (χ4n) is 0.691. The molecular formula is C5H8N2O2S. The van der Waals surface area contributed by atoms with Crippen LogP contribution < -0.4 is 10.6 Å². The predicted molar refractivity (Wildman–Crippen MR) is 38.9 cm³/mol. The second-order valence-corrected chi connectivity index (χ2v) is 2.71. The van der Waals surface area contributed by atoms with E-state index in [2.05, 4.69) is 23.3 Å². The van der Waals surface area contributed by atoms with Crippen molar-refractivity contribution in [2.75, 3.05) is 5.75 Å². The third-order valence-electron chi connectivity index (χ3n) is 1.43. The van der Waals surface area contributed by atoms with E-state index in [1.165, 1.54) is 0 Å². The summed E-state index contributed by atoms with van der Waals surface area (Å²) in [5.74, 6) is -0.00241. The summed E-state index contributed by atoms with van der Waals surface area (Å²) >= 11 is 3.93. The van der Waals surface area contributed by atoms with Crippen LogP contribution in [-0.4, -0.2) is 23.2 Å². The fourth-order valence-corrected chi connectivity index (χ4v) is 0.914. The summed E-state index contributed by atoms with van der Waals surface area (Å²) in [5.41, 5.74) is -0.819. The van der Waals surface area contributed by atoms with Gasteiger partial charge in [-0.25, -0.2) is 4.79 Å². The first kappa shape index (κ1) is 7.40. The summed E-state index contributed by atoms with van der Waals surface area (Å²) in [4.78, 5) is 21.4. The Bertz CT molecular complexity index is 194. The lowest BCUT2D eigenvalue weighted by Crippen LogP contribution is -2.45. The van der Waals surface area contributed by atoms with Gasteiger partial charge in [0, 0.05) is 5.75 Å². The van der Waals surface area contributed by atoms with E-state index in [-0.39, 0.29) is 5.91 Å². The van der Waals surface area contributed by atoms with Gasteiger partial charge in [0.1, 0.15) is 5.54 Å². The summed E-state index contributed by atoms with van der Waals surface area (Å²) in [7, 11) is 0. The monoisotopic (exact) mass is 160 g/mol. The number of nitrogens with one attached hydrogen (secondary N) is 2. The highest BCUT2D eigenvalue weighted by atomic mass is 32.1. The molecule has 0 saturated carbocycles. The van der Waals surface area contributed by atoms with E-state index < -0.39 is 11.6 Å². The average Bonchev–Trinajstić information content (AvgIpc) is 2.09. The van der Waals surface area contributed by atoms with E-state index in [0.29, 0.717) is 5.75 Å². The smallest absolute Gasteiger partial charge is 0.322 e. The molecule has 2 N–H and O–H groups in total. The Balaban J connectivity index is 2.80. The molecule has 4 nitrogen and oxygen atoms in total. The molecule has 5 heteroatoms. The van der Waals surface area contributed by atoms with Crippen LogP contribution in [0.1, 0.15) is 6.92 Å². The van der Waals surface area contributed by atoms with Crippen molar-refractivity contribution in [2.45, 2.75) is 12.5 Å². The van der Waals surface area contributed by atoms with Crippen LogP contribution in [0.3, 0.4) is 0 Å². The van der Waals surface area contributed by atoms with Crippen molar-refractivity contribution < 1.29 is 9.59 Å². The molecule has 0 aromatic rings. The average molecular weight is 160 g/mol. The highest BCUT2D eigenvalue weighted by molar-refractivity contribution is 7.80. The van der Waals surface area contributed by atoms with Gasteiger partial charge in [0.05, 0.1) is 0 Å². The Morgan fingerprint density at radius 2 is 2.20 bits per heavy atom. The van der Waals surface area contributed by atoms with E-state index in [4.69, 9.17) is 0 Å². The number of imide groups is 1. The minimum atomic E-state index is -0.819. The van der Waals surface area contributed by atoms with E-state index >= 15 is 0 Å². The van der Waals surface area contributed by atoms with Crippen molar-refractivity contribution in [2.24, 2.45) is 0 Å². The van der Waals surface area contributed by atoms with Crippen LogP contribution in [0.2, 0.25) is 0 Å². The molecule has 0 radical (unpaired) electrons. The molecule has 0 aromatic carbocycles. The van der Waals surface area contributed by atoms with Crippen molar-refractivity contribution in [3.63, 3.8) is 0 Å². The summed E-state index contributed by atoms with van der Waals surface area (Å²) in [6.07, 6.45) is 0. The number of amides is 3. The van der Waals surface area contributed by atoms with Gasteiger partial charge < -0.3 is 5.32 Å². The molecule has 10 heavy (non-hydrogen) atoms. The SMILES string of the molecule is C[C@]1(CS)NC(=O)NC1=O. The van der Waals surface area contributed by atoms with Crippen molar-refractivity contribution in [3.8, 4) is 0 Å². The maximum Gasteiger partial charge on any atom is 0.322 e. The van der Waals surface area contributed by atoms with Crippen molar-refractivity contribution >= 4 is 24.6 Å². The van der Waals surface area contributed by atoms with Crippen LogP contribution in [0.5, 0.6) is 0 Å². The van der Waals surface area contributed by atoms with Crippen LogP contribution in [0.25, 0.3) is 0 Å². The van der Waals surface area contributed by atoms with Crippen LogP contribution in [0.15, 0.2) is 0 Å². The van der Waals surface area contributed by atoms with Gasteiger partial charge in [0.15, 0.2) is 0 Å². The van der Waals surface area contributed by atoms with Gasteiger partial charge in [-0.2, -0.15) is 12.6 Å². The third-order valence-corrected chi connectivity index (χ3v) is 2.07. The Morgan fingerprint density at radius 3 is 2.40 bits per heavy atom. The number of rotatable bonds is 1. The molecule has 0 spiro atoms. The first-order valence-corrected chi connectivity index (χ1v) is 3.46. The highest BCUT2D eigenvalue weighted by Gasteiger charge is 2.40. The molecule has 0 aliphatic carbocycles. The number of urea groups is 1. The molecule has 1 saturated heterocycles. The van der Waals surface area contributed by atoms with Crippen molar-refractivity contribution in [1.29, 1.82) is 0 Å². The van der Waals surface area contributed by atoms with Gasteiger partial charge in [-0.1, -0.05) is 0 Å². The molecule has 1 aliphatic rings. The second-order valence-electron chi connectivity index (χ2n) is 2.40. The molecule has 0 bridgehead atoms. The number of carbonyl (C=O) groups is 2. The van der Waals surface area contributed by atoms with Gasteiger partial charge in [-0.05, 0) is 6.92 Å². The molecule has 1 atom stereocenters. The molecular weight excluding hydrogens is 152 g/mol. The predicted octanol–water partition coefficient (Wildman–Crippen LogP) is -0.486. The molecule has 1 heterocycles.